The van der Waals surface area contributed by atoms with Crippen LogP contribution in [0.1, 0.15) is 16.8 Å². The van der Waals surface area contributed by atoms with Crippen molar-refractivity contribution in [2.24, 2.45) is 0 Å². The molecule has 1 aliphatic rings. The van der Waals surface area contributed by atoms with Gasteiger partial charge in [-0.15, -0.1) is 0 Å². The van der Waals surface area contributed by atoms with E-state index in [1.165, 1.54) is 6.07 Å². The number of anilines is 1. The minimum absolute atomic E-state index is 0.0131. The lowest BCUT2D eigenvalue weighted by molar-refractivity contribution is 0.0940. The number of amides is 1. The molecule has 5 nitrogen and oxygen atoms in total. The van der Waals surface area contributed by atoms with E-state index in [1.54, 1.807) is 18.3 Å². The summed E-state index contributed by atoms with van der Waals surface area (Å²) in [5.41, 5.74) is 1.63. The first-order valence-electron chi connectivity index (χ1n) is 7.94. The Morgan fingerprint density at radius 2 is 2.25 bits per heavy atom. The smallest absolute Gasteiger partial charge is 0.251 e. The van der Waals surface area contributed by atoms with Gasteiger partial charge in [0, 0.05) is 48.0 Å². The molecule has 24 heavy (non-hydrogen) atoms. The third-order valence-corrected chi connectivity index (χ3v) is 4.38. The number of carbonyl (C=O) groups excluding carboxylic acids is 1. The number of halogens is 1. The van der Waals surface area contributed by atoms with E-state index in [9.17, 15) is 9.18 Å². The number of hydrogen-bond acceptors (Lipinski definition) is 3. The normalized spacial score (nSPS) is 17.4. The Hall–Kier alpha value is -2.89. The maximum Gasteiger partial charge on any atom is 0.251 e. The highest BCUT2D eigenvalue weighted by atomic mass is 19.1. The molecule has 1 unspecified atom stereocenters. The van der Waals surface area contributed by atoms with Crippen LogP contribution in [0, 0.1) is 5.82 Å². The van der Waals surface area contributed by atoms with E-state index < -0.39 is 0 Å². The molecule has 1 aromatic carbocycles. The quantitative estimate of drug-likeness (QED) is 0.779. The van der Waals surface area contributed by atoms with Gasteiger partial charge in [-0.2, -0.15) is 0 Å². The van der Waals surface area contributed by atoms with Gasteiger partial charge < -0.3 is 15.2 Å². The fraction of sp³-hybridized carbons (Fsp3) is 0.222. The van der Waals surface area contributed by atoms with Crippen molar-refractivity contribution in [2.45, 2.75) is 12.5 Å². The average molecular weight is 324 g/mol. The highest BCUT2D eigenvalue weighted by molar-refractivity contribution is 5.98. The third kappa shape index (κ3) is 2.71. The number of nitrogens with zero attached hydrogens (tertiary/aromatic N) is 2. The molecule has 2 aromatic heterocycles. The maximum absolute atomic E-state index is 13.8. The van der Waals surface area contributed by atoms with Crippen molar-refractivity contribution in [3.05, 3.63) is 60.2 Å². The number of fused-ring (bicyclic) bond motifs is 1. The van der Waals surface area contributed by atoms with Gasteiger partial charge in [-0.25, -0.2) is 9.37 Å². The van der Waals surface area contributed by atoms with Crippen LogP contribution in [0.4, 0.5) is 10.2 Å². The van der Waals surface area contributed by atoms with Gasteiger partial charge >= 0.3 is 0 Å². The van der Waals surface area contributed by atoms with E-state index in [4.69, 9.17) is 0 Å². The molecule has 4 rings (SSSR count). The number of pyridine rings is 1. The fourth-order valence-electron chi connectivity index (χ4n) is 3.14. The standard InChI is InChI=1S/C18H17FN4O/c19-15-2-1-7-21-17(15)23-9-6-14(11-23)22-18(24)13-3-4-16-12(10-13)5-8-20-16/h1-5,7-8,10,14,20H,6,9,11H2,(H,22,24). The van der Waals surface area contributed by atoms with Gasteiger partial charge in [-0.3, -0.25) is 4.79 Å². The SMILES string of the molecule is O=C(NC1CCN(c2ncccc2F)C1)c1ccc2[nH]ccc2c1. The molecular weight excluding hydrogens is 307 g/mol. The molecule has 2 N–H and O–H groups in total. The lowest BCUT2D eigenvalue weighted by Gasteiger charge is -2.18. The van der Waals surface area contributed by atoms with Gasteiger partial charge in [0.15, 0.2) is 11.6 Å². The number of aromatic nitrogens is 2. The zero-order valence-electron chi connectivity index (χ0n) is 13.0. The summed E-state index contributed by atoms with van der Waals surface area (Å²) in [4.78, 5) is 21.5. The minimum Gasteiger partial charge on any atom is -0.361 e. The van der Waals surface area contributed by atoms with Gasteiger partial charge in [0.05, 0.1) is 0 Å². The topological polar surface area (TPSA) is 61.0 Å². The van der Waals surface area contributed by atoms with E-state index in [0.717, 1.165) is 17.3 Å². The fourth-order valence-corrected chi connectivity index (χ4v) is 3.14. The van der Waals surface area contributed by atoms with E-state index in [-0.39, 0.29) is 17.8 Å². The van der Waals surface area contributed by atoms with E-state index >= 15 is 0 Å². The molecule has 3 heterocycles. The number of aromatic amines is 1. The second-order valence-electron chi connectivity index (χ2n) is 5.99. The Balaban J connectivity index is 1.44. The molecule has 1 fully saturated rings. The van der Waals surface area contributed by atoms with Crippen LogP contribution in [0.25, 0.3) is 10.9 Å². The summed E-state index contributed by atoms with van der Waals surface area (Å²) in [5, 5.41) is 4.04. The number of carbonyl (C=O) groups is 1. The van der Waals surface area contributed by atoms with Crippen molar-refractivity contribution in [3.8, 4) is 0 Å². The van der Waals surface area contributed by atoms with Crippen LogP contribution in [0.3, 0.4) is 0 Å². The van der Waals surface area contributed by atoms with Crippen LogP contribution >= 0.6 is 0 Å². The van der Waals surface area contributed by atoms with Crippen LogP contribution in [-0.4, -0.2) is 35.0 Å². The lowest BCUT2D eigenvalue weighted by atomic mass is 10.1. The van der Waals surface area contributed by atoms with Crippen LogP contribution in [0.5, 0.6) is 0 Å². The van der Waals surface area contributed by atoms with Gasteiger partial charge in [0.1, 0.15) is 0 Å². The molecule has 1 atom stereocenters. The van der Waals surface area contributed by atoms with Gasteiger partial charge in [0.2, 0.25) is 0 Å². The monoisotopic (exact) mass is 324 g/mol. The zero-order valence-corrected chi connectivity index (χ0v) is 13.0. The van der Waals surface area contributed by atoms with Gasteiger partial charge in [-0.05, 0) is 42.8 Å². The van der Waals surface area contributed by atoms with Crippen molar-refractivity contribution in [2.75, 3.05) is 18.0 Å². The van der Waals surface area contributed by atoms with E-state index in [2.05, 4.69) is 15.3 Å². The number of H-pyrrole nitrogens is 1. The minimum atomic E-state index is -0.331. The van der Waals surface area contributed by atoms with Gasteiger partial charge in [-0.1, -0.05) is 0 Å². The second kappa shape index (κ2) is 5.96. The predicted octanol–water partition coefficient (Wildman–Crippen LogP) is 2.71. The maximum atomic E-state index is 13.8. The largest absolute Gasteiger partial charge is 0.361 e. The number of hydrogen-bond donors (Lipinski definition) is 2. The molecule has 1 saturated heterocycles. The molecule has 0 bridgehead atoms. The molecule has 3 aromatic rings. The number of benzene rings is 1. The second-order valence-corrected chi connectivity index (χ2v) is 5.99. The molecule has 6 heteroatoms. The molecule has 0 radical (unpaired) electrons. The highest BCUT2D eigenvalue weighted by Crippen LogP contribution is 2.21. The first-order valence-corrected chi connectivity index (χ1v) is 7.94. The van der Waals surface area contributed by atoms with Crippen LogP contribution in [0.2, 0.25) is 0 Å². The summed E-state index contributed by atoms with van der Waals surface area (Å²) in [6, 6.07) is 10.5. The first kappa shape index (κ1) is 14.7. The highest BCUT2D eigenvalue weighted by Gasteiger charge is 2.26. The summed E-state index contributed by atoms with van der Waals surface area (Å²) in [6.45, 7) is 1.24. The molecule has 0 saturated carbocycles. The van der Waals surface area contributed by atoms with Crippen molar-refractivity contribution in [1.29, 1.82) is 0 Å². The summed E-state index contributed by atoms with van der Waals surface area (Å²) in [5.74, 6) is -0.0863. The van der Waals surface area contributed by atoms with Crippen molar-refractivity contribution in [1.82, 2.24) is 15.3 Å². The number of rotatable bonds is 3. The van der Waals surface area contributed by atoms with E-state index in [0.29, 0.717) is 24.5 Å². The molecule has 1 amide bonds. The Morgan fingerprint density at radius 1 is 1.33 bits per heavy atom. The molecule has 0 aliphatic carbocycles. The van der Waals surface area contributed by atoms with Gasteiger partial charge in [0.25, 0.3) is 5.91 Å². The Labute approximate surface area is 138 Å². The van der Waals surface area contributed by atoms with Crippen LogP contribution in [0.15, 0.2) is 48.8 Å². The summed E-state index contributed by atoms with van der Waals surface area (Å²) < 4.78 is 13.8. The molecule has 0 spiro atoms. The molecular formula is C18H17FN4O. The van der Waals surface area contributed by atoms with Crippen molar-refractivity contribution >= 4 is 22.6 Å². The van der Waals surface area contributed by atoms with Crippen molar-refractivity contribution in [3.63, 3.8) is 0 Å². The summed E-state index contributed by atoms with van der Waals surface area (Å²) >= 11 is 0. The zero-order chi connectivity index (χ0) is 16.5. The molecule has 1 aliphatic heterocycles. The van der Waals surface area contributed by atoms with Crippen LogP contribution < -0.4 is 10.2 Å². The third-order valence-electron chi connectivity index (χ3n) is 4.38. The average Bonchev–Trinajstić information content (AvgIpc) is 3.23. The summed E-state index contributed by atoms with van der Waals surface area (Å²) in [7, 11) is 0. The number of nitrogens with one attached hydrogen (secondary N) is 2. The Bertz CT molecular complexity index is 891. The van der Waals surface area contributed by atoms with E-state index in [1.807, 2.05) is 29.3 Å². The first-order chi connectivity index (χ1) is 11.7. The summed E-state index contributed by atoms with van der Waals surface area (Å²) in [6.07, 6.45) is 4.20. The predicted molar refractivity (Wildman–Crippen MR) is 90.6 cm³/mol. The van der Waals surface area contributed by atoms with Crippen LogP contribution in [-0.2, 0) is 0 Å². The molecule has 122 valence electrons. The Kier molecular flexibility index (Phi) is 3.65. The lowest BCUT2D eigenvalue weighted by Crippen LogP contribution is -2.37. The Morgan fingerprint density at radius 3 is 3.12 bits per heavy atom. The van der Waals surface area contributed by atoms with Crippen molar-refractivity contribution < 1.29 is 9.18 Å².